The van der Waals surface area contributed by atoms with Gasteiger partial charge in [-0.3, -0.25) is 4.79 Å². The normalized spacial score (nSPS) is 26.8. The van der Waals surface area contributed by atoms with Crippen LogP contribution in [0.15, 0.2) is 24.3 Å². The SMILES string of the molecule is O=C(O)C1CC(O)(Cc2cccc(C(F)(F)F)c2)C1. The number of carboxylic acids is 1. The highest BCUT2D eigenvalue weighted by molar-refractivity contribution is 5.71. The maximum Gasteiger partial charge on any atom is 0.416 e. The number of alkyl halides is 3. The van der Waals surface area contributed by atoms with Crippen molar-refractivity contribution in [2.24, 2.45) is 5.92 Å². The smallest absolute Gasteiger partial charge is 0.416 e. The lowest BCUT2D eigenvalue weighted by Crippen LogP contribution is -2.48. The van der Waals surface area contributed by atoms with E-state index in [0.717, 1.165) is 12.1 Å². The highest BCUT2D eigenvalue weighted by atomic mass is 19.4. The van der Waals surface area contributed by atoms with Crippen molar-refractivity contribution in [2.45, 2.75) is 31.0 Å². The molecule has 0 aromatic heterocycles. The molecule has 0 heterocycles. The van der Waals surface area contributed by atoms with Crippen LogP contribution in [0, 0.1) is 5.92 Å². The maximum atomic E-state index is 12.5. The van der Waals surface area contributed by atoms with E-state index >= 15 is 0 Å². The Bertz CT molecular complexity index is 490. The summed E-state index contributed by atoms with van der Waals surface area (Å²) < 4.78 is 37.6. The minimum Gasteiger partial charge on any atom is -0.481 e. The number of hydrogen-bond acceptors (Lipinski definition) is 2. The zero-order chi connectivity index (χ0) is 14.3. The number of carbonyl (C=O) groups is 1. The van der Waals surface area contributed by atoms with Crippen LogP contribution in [0.4, 0.5) is 13.2 Å². The zero-order valence-electron chi connectivity index (χ0n) is 9.94. The molecule has 0 saturated heterocycles. The van der Waals surface area contributed by atoms with Crippen LogP contribution in [0.25, 0.3) is 0 Å². The van der Waals surface area contributed by atoms with Gasteiger partial charge in [-0.1, -0.05) is 18.2 Å². The van der Waals surface area contributed by atoms with Crippen LogP contribution in [0.2, 0.25) is 0 Å². The summed E-state index contributed by atoms with van der Waals surface area (Å²) in [5.74, 6) is -1.58. The second-order valence-electron chi connectivity index (χ2n) is 5.04. The first-order valence-corrected chi connectivity index (χ1v) is 5.81. The molecule has 19 heavy (non-hydrogen) atoms. The van der Waals surface area contributed by atoms with Crippen LogP contribution in [0.5, 0.6) is 0 Å². The Morgan fingerprint density at radius 1 is 1.37 bits per heavy atom. The molecule has 1 aromatic rings. The Kier molecular flexibility index (Phi) is 3.30. The van der Waals surface area contributed by atoms with E-state index in [-0.39, 0.29) is 19.3 Å². The first kappa shape index (κ1) is 13.9. The average molecular weight is 274 g/mol. The van der Waals surface area contributed by atoms with Gasteiger partial charge in [-0.25, -0.2) is 0 Å². The zero-order valence-corrected chi connectivity index (χ0v) is 9.94. The number of hydrogen-bond donors (Lipinski definition) is 2. The number of halogens is 3. The molecule has 1 saturated carbocycles. The number of rotatable bonds is 3. The molecule has 104 valence electrons. The molecule has 0 spiro atoms. The van der Waals surface area contributed by atoms with Crippen molar-refractivity contribution < 1.29 is 28.2 Å². The van der Waals surface area contributed by atoms with E-state index < -0.39 is 29.2 Å². The van der Waals surface area contributed by atoms with Gasteiger partial charge in [-0.05, 0) is 24.5 Å². The highest BCUT2D eigenvalue weighted by Crippen LogP contribution is 2.40. The Balaban J connectivity index is 2.07. The molecule has 1 aliphatic carbocycles. The van der Waals surface area contributed by atoms with Crippen molar-refractivity contribution in [3.63, 3.8) is 0 Å². The van der Waals surface area contributed by atoms with Crippen LogP contribution in [-0.2, 0) is 17.4 Å². The molecule has 1 fully saturated rings. The third-order valence-corrected chi connectivity index (χ3v) is 3.39. The van der Waals surface area contributed by atoms with Crippen molar-refractivity contribution >= 4 is 5.97 Å². The van der Waals surface area contributed by atoms with Gasteiger partial charge in [0.15, 0.2) is 0 Å². The Morgan fingerprint density at radius 3 is 2.53 bits per heavy atom. The summed E-state index contributed by atoms with van der Waals surface area (Å²) in [6.45, 7) is 0. The highest BCUT2D eigenvalue weighted by Gasteiger charge is 2.46. The standard InChI is InChI=1S/C13H13F3O3/c14-13(15,16)10-3-1-2-8(4-10)5-12(19)6-9(7-12)11(17)18/h1-4,9,19H,5-7H2,(H,17,18). The van der Waals surface area contributed by atoms with Crippen LogP contribution in [-0.4, -0.2) is 21.8 Å². The number of aliphatic carboxylic acids is 1. The van der Waals surface area contributed by atoms with E-state index in [2.05, 4.69) is 0 Å². The van der Waals surface area contributed by atoms with Gasteiger partial charge < -0.3 is 10.2 Å². The molecular formula is C13H13F3O3. The van der Waals surface area contributed by atoms with Crippen molar-refractivity contribution in [1.82, 2.24) is 0 Å². The van der Waals surface area contributed by atoms with E-state index in [0.29, 0.717) is 5.56 Å². The van der Waals surface area contributed by atoms with Crippen LogP contribution in [0.3, 0.4) is 0 Å². The third kappa shape index (κ3) is 3.07. The van der Waals surface area contributed by atoms with Gasteiger partial charge in [0.2, 0.25) is 0 Å². The lowest BCUT2D eigenvalue weighted by atomic mass is 9.68. The minimum atomic E-state index is -4.41. The van der Waals surface area contributed by atoms with E-state index in [1.807, 2.05) is 0 Å². The second-order valence-corrected chi connectivity index (χ2v) is 5.04. The number of aliphatic hydroxyl groups is 1. The van der Waals surface area contributed by atoms with Gasteiger partial charge in [0.1, 0.15) is 0 Å². The first-order valence-electron chi connectivity index (χ1n) is 5.81. The largest absolute Gasteiger partial charge is 0.481 e. The van der Waals surface area contributed by atoms with Crippen LogP contribution >= 0.6 is 0 Å². The topological polar surface area (TPSA) is 57.5 Å². The predicted molar refractivity (Wildman–Crippen MR) is 60.5 cm³/mol. The molecular weight excluding hydrogens is 261 g/mol. The molecule has 2 rings (SSSR count). The quantitative estimate of drug-likeness (QED) is 0.890. The van der Waals surface area contributed by atoms with Gasteiger partial charge in [-0.15, -0.1) is 0 Å². The molecule has 2 N–H and O–H groups in total. The van der Waals surface area contributed by atoms with E-state index in [1.54, 1.807) is 0 Å². The summed E-state index contributed by atoms with van der Waals surface area (Å²) in [6, 6.07) is 4.75. The lowest BCUT2D eigenvalue weighted by molar-refractivity contribution is -0.158. The second kappa shape index (κ2) is 4.52. The van der Waals surface area contributed by atoms with Crippen LogP contribution in [0.1, 0.15) is 24.0 Å². The monoisotopic (exact) mass is 274 g/mol. The van der Waals surface area contributed by atoms with Crippen molar-refractivity contribution in [2.75, 3.05) is 0 Å². The lowest BCUT2D eigenvalue weighted by Gasteiger charge is -2.41. The molecule has 1 aromatic carbocycles. The molecule has 0 bridgehead atoms. The molecule has 6 heteroatoms. The fourth-order valence-electron chi connectivity index (χ4n) is 2.41. The summed E-state index contributed by atoms with van der Waals surface area (Å²) in [4.78, 5) is 10.6. The van der Waals surface area contributed by atoms with Gasteiger partial charge in [0.25, 0.3) is 0 Å². The predicted octanol–water partition coefficient (Wildman–Crippen LogP) is 2.47. The van der Waals surface area contributed by atoms with Crippen molar-refractivity contribution in [3.05, 3.63) is 35.4 Å². The summed E-state index contributed by atoms with van der Waals surface area (Å²) >= 11 is 0. The molecule has 0 amide bonds. The molecule has 1 aliphatic rings. The summed E-state index contributed by atoms with van der Waals surface area (Å²) in [7, 11) is 0. The molecule has 0 radical (unpaired) electrons. The fraction of sp³-hybridized carbons (Fsp3) is 0.462. The van der Waals surface area contributed by atoms with E-state index in [1.165, 1.54) is 12.1 Å². The molecule has 3 nitrogen and oxygen atoms in total. The van der Waals surface area contributed by atoms with Gasteiger partial charge >= 0.3 is 12.1 Å². The Labute approximate surface area is 107 Å². The number of carboxylic acid groups (broad SMARTS) is 1. The maximum absolute atomic E-state index is 12.5. The summed E-state index contributed by atoms with van der Waals surface area (Å²) in [6.07, 6.45) is -4.21. The third-order valence-electron chi connectivity index (χ3n) is 3.39. The van der Waals surface area contributed by atoms with E-state index in [9.17, 15) is 23.1 Å². The molecule has 0 atom stereocenters. The van der Waals surface area contributed by atoms with Gasteiger partial charge in [0.05, 0.1) is 17.1 Å². The van der Waals surface area contributed by atoms with Crippen molar-refractivity contribution in [1.29, 1.82) is 0 Å². The first-order chi connectivity index (χ1) is 8.70. The summed E-state index contributed by atoms with van der Waals surface area (Å²) in [5.41, 5.74) is -1.60. The van der Waals surface area contributed by atoms with Gasteiger partial charge in [0, 0.05) is 6.42 Å². The minimum absolute atomic E-state index is 0.0424. The average Bonchev–Trinajstić information content (AvgIpc) is 2.24. The fourth-order valence-corrected chi connectivity index (χ4v) is 2.41. The van der Waals surface area contributed by atoms with E-state index in [4.69, 9.17) is 5.11 Å². The van der Waals surface area contributed by atoms with Crippen molar-refractivity contribution in [3.8, 4) is 0 Å². The Hall–Kier alpha value is -1.56. The Morgan fingerprint density at radius 2 is 2.00 bits per heavy atom. The van der Waals surface area contributed by atoms with Gasteiger partial charge in [-0.2, -0.15) is 13.2 Å². The summed E-state index contributed by atoms with van der Waals surface area (Å²) in [5, 5.41) is 18.8. The molecule has 0 unspecified atom stereocenters. The number of benzene rings is 1. The molecule has 0 aliphatic heterocycles. The van der Waals surface area contributed by atoms with Crippen LogP contribution < -0.4 is 0 Å².